The first-order chi connectivity index (χ1) is 7.72. The third kappa shape index (κ3) is 1.84. The molecule has 2 rings (SSSR count). The summed E-state index contributed by atoms with van der Waals surface area (Å²) < 4.78 is 13.5. The molecule has 0 aliphatic carbocycles. The molecule has 5 heteroatoms. The molecule has 0 spiro atoms. The van der Waals surface area contributed by atoms with Crippen LogP contribution in [0, 0.1) is 12.7 Å². The number of nitrogens with one attached hydrogen (secondary N) is 1. The van der Waals surface area contributed by atoms with Crippen LogP contribution in [0.1, 0.15) is 5.69 Å². The number of aromatic nitrogens is 3. The number of aryl methyl sites for hydroxylation is 1. The number of hydrogen-bond donors (Lipinski definition) is 1. The fourth-order valence-corrected chi connectivity index (χ4v) is 1.35. The molecule has 4 nitrogen and oxygen atoms in total. The van der Waals surface area contributed by atoms with Crippen LogP contribution in [0.15, 0.2) is 24.5 Å². The van der Waals surface area contributed by atoms with E-state index in [1.54, 1.807) is 32.4 Å². The van der Waals surface area contributed by atoms with Gasteiger partial charge >= 0.3 is 0 Å². The summed E-state index contributed by atoms with van der Waals surface area (Å²) in [5.41, 5.74) is 1.08. The Morgan fingerprint density at radius 1 is 1.31 bits per heavy atom. The molecule has 0 bridgehead atoms. The van der Waals surface area contributed by atoms with Gasteiger partial charge in [0.25, 0.3) is 0 Å². The molecule has 0 saturated heterocycles. The summed E-state index contributed by atoms with van der Waals surface area (Å²) in [7, 11) is 1.62. The van der Waals surface area contributed by atoms with E-state index in [2.05, 4.69) is 20.3 Å². The monoisotopic (exact) mass is 218 g/mol. The maximum atomic E-state index is 13.5. The summed E-state index contributed by atoms with van der Waals surface area (Å²) in [4.78, 5) is 12.1. The molecular formula is C11H11FN4. The number of anilines is 1. The molecule has 2 aromatic rings. The topological polar surface area (TPSA) is 50.7 Å². The Morgan fingerprint density at radius 3 is 2.75 bits per heavy atom. The highest BCUT2D eigenvalue weighted by Crippen LogP contribution is 2.19. The molecule has 2 aromatic heterocycles. The van der Waals surface area contributed by atoms with Crippen LogP contribution in [0.3, 0.4) is 0 Å². The Bertz CT molecular complexity index is 499. The van der Waals surface area contributed by atoms with Crippen molar-refractivity contribution in [2.24, 2.45) is 0 Å². The summed E-state index contributed by atoms with van der Waals surface area (Å²) in [6, 6.07) is 3.62. The highest BCUT2D eigenvalue weighted by atomic mass is 19.1. The van der Waals surface area contributed by atoms with Crippen molar-refractivity contribution in [3.05, 3.63) is 36.0 Å². The van der Waals surface area contributed by atoms with Crippen molar-refractivity contribution in [1.82, 2.24) is 15.0 Å². The average molecular weight is 218 g/mol. The van der Waals surface area contributed by atoms with Crippen LogP contribution in [-0.2, 0) is 0 Å². The van der Waals surface area contributed by atoms with Crippen LogP contribution in [0.2, 0.25) is 0 Å². The maximum Gasteiger partial charge on any atom is 0.186 e. The highest BCUT2D eigenvalue weighted by Gasteiger charge is 2.11. The molecule has 0 aromatic carbocycles. The van der Waals surface area contributed by atoms with Crippen LogP contribution >= 0.6 is 0 Å². The summed E-state index contributed by atoms with van der Waals surface area (Å²) >= 11 is 0. The van der Waals surface area contributed by atoms with Crippen molar-refractivity contribution < 1.29 is 4.39 Å². The van der Waals surface area contributed by atoms with E-state index in [4.69, 9.17) is 0 Å². The molecule has 0 unspecified atom stereocenters. The first kappa shape index (κ1) is 10.5. The molecule has 0 fully saturated rings. The Kier molecular flexibility index (Phi) is 2.76. The van der Waals surface area contributed by atoms with Gasteiger partial charge in [-0.3, -0.25) is 4.98 Å². The lowest BCUT2D eigenvalue weighted by Crippen LogP contribution is -2.03. The molecule has 0 radical (unpaired) electrons. The van der Waals surface area contributed by atoms with Crippen molar-refractivity contribution in [2.75, 3.05) is 12.4 Å². The first-order valence-corrected chi connectivity index (χ1v) is 4.84. The van der Waals surface area contributed by atoms with E-state index in [-0.39, 0.29) is 5.82 Å². The Balaban J connectivity index is 2.55. The van der Waals surface area contributed by atoms with Gasteiger partial charge in [-0.25, -0.2) is 14.4 Å². The van der Waals surface area contributed by atoms with E-state index >= 15 is 0 Å². The number of halogens is 1. The molecule has 0 amide bonds. The minimum absolute atomic E-state index is 0.200. The Hall–Kier alpha value is -2.04. The van der Waals surface area contributed by atoms with Crippen LogP contribution in [0.25, 0.3) is 11.4 Å². The van der Waals surface area contributed by atoms with Gasteiger partial charge in [-0.1, -0.05) is 0 Å². The second-order valence-corrected chi connectivity index (χ2v) is 3.29. The number of pyridine rings is 1. The highest BCUT2D eigenvalue weighted by molar-refractivity contribution is 5.56. The van der Waals surface area contributed by atoms with Crippen LogP contribution in [0.5, 0.6) is 0 Å². The smallest absolute Gasteiger partial charge is 0.186 e. The molecule has 0 aliphatic rings. The average Bonchev–Trinajstić information content (AvgIpc) is 2.33. The van der Waals surface area contributed by atoms with Gasteiger partial charge in [-0.05, 0) is 19.1 Å². The van der Waals surface area contributed by atoms with Crippen molar-refractivity contribution in [3.63, 3.8) is 0 Å². The van der Waals surface area contributed by atoms with Crippen LogP contribution < -0.4 is 5.32 Å². The van der Waals surface area contributed by atoms with Gasteiger partial charge in [0.1, 0.15) is 0 Å². The molecule has 82 valence electrons. The first-order valence-electron chi connectivity index (χ1n) is 4.84. The zero-order valence-electron chi connectivity index (χ0n) is 9.03. The molecule has 2 heterocycles. The van der Waals surface area contributed by atoms with Crippen molar-refractivity contribution in [1.29, 1.82) is 0 Å². The Labute approximate surface area is 92.6 Å². The summed E-state index contributed by atoms with van der Waals surface area (Å²) in [5.74, 6) is 0.248. The van der Waals surface area contributed by atoms with E-state index in [0.29, 0.717) is 11.5 Å². The lowest BCUT2D eigenvalue weighted by molar-refractivity contribution is 0.607. The molecular weight excluding hydrogens is 207 g/mol. The normalized spacial score (nSPS) is 10.2. The summed E-state index contributed by atoms with van der Waals surface area (Å²) in [5, 5.41) is 2.70. The lowest BCUT2D eigenvalue weighted by atomic mass is 10.2. The molecule has 0 atom stereocenters. The quantitative estimate of drug-likeness (QED) is 0.837. The van der Waals surface area contributed by atoms with Gasteiger partial charge < -0.3 is 5.32 Å². The predicted molar refractivity (Wildman–Crippen MR) is 59.5 cm³/mol. The predicted octanol–water partition coefficient (Wildman–Crippen LogP) is 2.03. The third-order valence-electron chi connectivity index (χ3n) is 2.17. The van der Waals surface area contributed by atoms with E-state index < -0.39 is 5.82 Å². The molecule has 1 N–H and O–H groups in total. The second kappa shape index (κ2) is 4.22. The SMILES string of the molecule is CNc1nc(-c2cccnc2)nc(C)c1F. The van der Waals surface area contributed by atoms with Gasteiger partial charge in [0.05, 0.1) is 5.69 Å². The standard InChI is InChI=1S/C11H11FN4/c1-7-9(12)11(13-2)16-10(15-7)8-4-3-5-14-6-8/h3-6H,1-2H3,(H,13,15,16). The van der Waals surface area contributed by atoms with E-state index in [0.717, 1.165) is 5.56 Å². The third-order valence-corrected chi connectivity index (χ3v) is 2.17. The largest absolute Gasteiger partial charge is 0.371 e. The zero-order chi connectivity index (χ0) is 11.5. The van der Waals surface area contributed by atoms with Gasteiger partial charge in [0.15, 0.2) is 17.5 Å². The number of rotatable bonds is 2. The Morgan fingerprint density at radius 2 is 2.12 bits per heavy atom. The second-order valence-electron chi connectivity index (χ2n) is 3.29. The van der Waals surface area contributed by atoms with Gasteiger partial charge in [0, 0.05) is 25.0 Å². The van der Waals surface area contributed by atoms with E-state index in [9.17, 15) is 4.39 Å². The van der Waals surface area contributed by atoms with Crippen LogP contribution in [-0.4, -0.2) is 22.0 Å². The minimum Gasteiger partial charge on any atom is -0.371 e. The van der Waals surface area contributed by atoms with E-state index in [1.807, 2.05) is 6.07 Å². The van der Waals surface area contributed by atoms with Gasteiger partial charge in [-0.15, -0.1) is 0 Å². The number of hydrogen-bond acceptors (Lipinski definition) is 4. The zero-order valence-corrected chi connectivity index (χ0v) is 9.03. The van der Waals surface area contributed by atoms with Crippen molar-refractivity contribution >= 4 is 5.82 Å². The molecule has 0 saturated carbocycles. The van der Waals surface area contributed by atoms with Crippen LogP contribution in [0.4, 0.5) is 10.2 Å². The van der Waals surface area contributed by atoms with Crippen molar-refractivity contribution in [2.45, 2.75) is 6.92 Å². The fraction of sp³-hybridized carbons (Fsp3) is 0.182. The maximum absolute atomic E-state index is 13.5. The van der Waals surface area contributed by atoms with Gasteiger partial charge in [0.2, 0.25) is 0 Å². The lowest BCUT2D eigenvalue weighted by Gasteiger charge is -2.06. The molecule has 16 heavy (non-hydrogen) atoms. The summed E-state index contributed by atoms with van der Waals surface area (Å²) in [6.45, 7) is 1.61. The minimum atomic E-state index is -0.421. The van der Waals surface area contributed by atoms with E-state index in [1.165, 1.54) is 0 Å². The molecule has 0 aliphatic heterocycles. The number of nitrogens with zero attached hydrogens (tertiary/aromatic N) is 3. The fourth-order valence-electron chi connectivity index (χ4n) is 1.35. The van der Waals surface area contributed by atoms with Crippen molar-refractivity contribution in [3.8, 4) is 11.4 Å². The van der Waals surface area contributed by atoms with Gasteiger partial charge in [-0.2, -0.15) is 0 Å². The summed E-state index contributed by atoms with van der Waals surface area (Å²) in [6.07, 6.45) is 3.31.